The monoisotopic (exact) mass is 339 g/mol. The maximum absolute atomic E-state index is 12.8. The second-order valence-corrected chi connectivity index (χ2v) is 7.80. The van der Waals surface area contributed by atoms with Gasteiger partial charge in [-0.15, -0.1) is 0 Å². The van der Waals surface area contributed by atoms with E-state index in [9.17, 15) is 19.8 Å². The van der Waals surface area contributed by atoms with E-state index in [-0.39, 0.29) is 18.8 Å². The summed E-state index contributed by atoms with van der Waals surface area (Å²) in [5.74, 6) is -1.59. The third-order valence-electron chi connectivity index (χ3n) is 6.12. The lowest BCUT2D eigenvalue weighted by Gasteiger charge is -2.45. The van der Waals surface area contributed by atoms with Crippen molar-refractivity contribution in [2.45, 2.75) is 57.5 Å². The fourth-order valence-electron chi connectivity index (χ4n) is 3.71. The van der Waals surface area contributed by atoms with Crippen molar-refractivity contribution >= 4 is 11.9 Å². The van der Waals surface area contributed by atoms with Crippen molar-refractivity contribution in [2.24, 2.45) is 5.41 Å². The quantitative estimate of drug-likeness (QED) is 0.473. The summed E-state index contributed by atoms with van der Waals surface area (Å²) in [6.45, 7) is 6.89. The number of carbonyl (C=O) groups excluding carboxylic acids is 2. The van der Waals surface area contributed by atoms with Gasteiger partial charge in [0.15, 0.2) is 5.60 Å². The third-order valence-corrected chi connectivity index (χ3v) is 6.12. The minimum Gasteiger partial charge on any atom is -0.460 e. The van der Waals surface area contributed by atoms with Gasteiger partial charge in [-0.3, -0.25) is 9.69 Å². The van der Waals surface area contributed by atoms with Gasteiger partial charge in [0.05, 0.1) is 11.5 Å². The summed E-state index contributed by atoms with van der Waals surface area (Å²) in [4.78, 5) is 27.4. The molecule has 0 radical (unpaired) electrons. The molecule has 7 nitrogen and oxygen atoms in total. The van der Waals surface area contributed by atoms with Crippen molar-refractivity contribution in [2.75, 3.05) is 19.7 Å². The van der Waals surface area contributed by atoms with E-state index in [4.69, 9.17) is 9.47 Å². The average Bonchev–Trinajstić information content (AvgIpc) is 3.06. The minimum absolute atomic E-state index is 0.0146. The van der Waals surface area contributed by atoms with Crippen LogP contribution in [0.15, 0.2) is 11.6 Å². The lowest BCUT2D eigenvalue weighted by Crippen LogP contribution is -2.65. The number of hydrogen-bond donors (Lipinski definition) is 2. The summed E-state index contributed by atoms with van der Waals surface area (Å²) < 4.78 is 11.0. The van der Waals surface area contributed by atoms with Gasteiger partial charge in [-0.25, -0.2) is 4.79 Å². The molecule has 0 saturated carbocycles. The summed E-state index contributed by atoms with van der Waals surface area (Å²) in [6, 6.07) is -0.106. The molecule has 1 unspecified atom stereocenters. The van der Waals surface area contributed by atoms with Crippen LogP contribution in [0.5, 0.6) is 0 Å². The van der Waals surface area contributed by atoms with Crippen molar-refractivity contribution in [3.8, 4) is 0 Å². The van der Waals surface area contributed by atoms with Crippen LogP contribution in [0.2, 0.25) is 0 Å². The Morgan fingerprint density at radius 2 is 1.83 bits per heavy atom. The summed E-state index contributed by atoms with van der Waals surface area (Å²) in [5, 5.41) is 21.5. The van der Waals surface area contributed by atoms with Crippen LogP contribution in [0.25, 0.3) is 0 Å². The number of aliphatic hydroxyl groups is 2. The van der Waals surface area contributed by atoms with Crippen LogP contribution in [0.3, 0.4) is 0 Å². The molecule has 0 aliphatic carbocycles. The molecule has 0 amide bonds. The zero-order chi connectivity index (χ0) is 17.9. The maximum Gasteiger partial charge on any atom is 0.341 e. The van der Waals surface area contributed by atoms with Gasteiger partial charge in [0, 0.05) is 13.1 Å². The van der Waals surface area contributed by atoms with Crippen molar-refractivity contribution in [3.63, 3.8) is 0 Å². The Hall–Kier alpha value is -1.44. The maximum atomic E-state index is 12.8. The van der Waals surface area contributed by atoms with Gasteiger partial charge in [-0.1, -0.05) is 6.08 Å². The largest absolute Gasteiger partial charge is 0.460 e. The molecule has 0 bridgehead atoms. The molecule has 3 heterocycles. The lowest BCUT2D eigenvalue weighted by atomic mass is 9.67. The molecule has 0 aromatic carbocycles. The van der Waals surface area contributed by atoms with Gasteiger partial charge in [0.25, 0.3) is 0 Å². The van der Waals surface area contributed by atoms with Crippen LogP contribution >= 0.6 is 0 Å². The van der Waals surface area contributed by atoms with E-state index < -0.39 is 28.6 Å². The molecule has 2 saturated heterocycles. The molecule has 4 atom stereocenters. The first-order valence-corrected chi connectivity index (χ1v) is 8.26. The summed E-state index contributed by atoms with van der Waals surface area (Å²) in [6.07, 6.45) is 2.31. The van der Waals surface area contributed by atoms with E-state index in [1.807, 2.05) is 6.08 Å². The summed E-state index contributed by atoms with van der Waals surface area (Å²) in [7, 11) is 0. The normalized spacial score (nSPS) is 42.7. The van der Waals surface area contributed by atoms with Crippen LogP contribution in [-0.4, -0.2) is 70.1 Å². The van der Waals surface area contributed by atoms with Gasteiger partial charge in [-0.05, 0) is 39.7 Å². The van der Waals surface area contributed by atoms with Gasteiger partial charge in [0.1, 0.15) is 18.3 Å². The van der Waals surface area contributed by atoms with E-state index in [1.165, 1.54) is 27.7 Å². The van der Waals surface area contributed by atoms with E-state index in [0.29, 0.717) is 6.42 Å². The van der Waals surface area contributed by atoms with E-state index in [2.05, 4.69) is 4.90 Å². The molecule has 3 rings (SSSR count). The second kappa shape index (κ2) is 5.28. The van der Waals surface area contributed by atoms with Gasteiger partial charge >= 0.3 is 11.9 Å². The highest BCUT2D eigenvalue weighted by atomic mass is 16.6. The van der Waals surface area contributed by atoms with Crippen LogP contribution in [0.4, 0.5) is 0 Å². The van der Waals surface area contributed by atoms with E-state index in [1.54, 1.807) is 0 Å². The first kappa shape index (κ1) is 17.4. The number of hydrogen-bond acceptors (Lipinski definition) is 7. The fraction of sp³-hybridized carbons (Fsp3) is 0.765. The second-order valence-electron chi connectivity index (χ2n) is 7.80. The van der Waals surface area contributed by atoms with Gasteiger partial charge < -0.3 is 19.7 Å². The minimum atomic E-state index is -2.26. The lowest BCUT2D eigenvalue weighted by molar-refractivity contribution is -0.221. The SMILES string of the molecule is CC1(C)C(=O)O[C@H]2CCN3CC=C(COC(=O)[C@@](C)(O)[C@@]1(C)O)C23. The topological polar surface area (TPSA) is 96.3 Å². The smallest absolute Gasteiger partial charge is 0.341 e. The summed E-state index contributed by atoms with van der Waals surface area (Å²) >= 11 is 0. The average molecular weight is 339 g/mol. The van der Waals surface area contributed by atoms with Crippen molar-refractivity contribution in [1.82, 2.24) is 4.90 Å². The summed E-state index contributed by atoms with van der Waals surface area (Å²) in [5.41, 5.74) is -4.96. The Labute approximate surface area is 141 Å². The van der Waals surface area contributed by atoms with Crippen LogP contribution in [0, 0.1) is 5.41 Å². The highest BCUT2D eigenvalue weighted by Crippen LogP contribution is 2.43. The predicted molar refractivity (Wildman–Crippen MR) is 83.9 cm³/mol. The standard InChI is InChI=1S/C17H25NO6/c1-15(2)13(19)24-11-6-8-18-7-5-10(12(11)18)9-23-14(20)16(3,21)17(15,4)22/h5,11-12,21-22H,6-9H2,1-4H3/t11-,12?,16+,17-/m0/s1. The molecular formula is C17H25NO6. The first-order valence-electron chi connectivity index (χ1n) is 8.26. The Morgan fingerprint density at radius 3 is 2.50 bits per heavy atom. The zero-order valence-corrected chi connectivity index (χ0v) is 14.5. The Morgan fingerprint density at radius 1 is 1.17 bits per heavy atom. The molecule has 7 heteroatoms. The Balaban J connectivity index is 2.03. The van der Waals surface area contributed by atoms with E-state index in [0.717, 1.165) is 18.7 Å². The fourth-order valence-corrected chi connectivity index (χ4v) is 3.71. The highest BCUT2D eigenvalue weighted by Gasteiger charge is 2.62. The number of cyclic esters (lactones) is 1. The van der Waals surface area contributed by atoms with E-state index >= 15 is 0 Å². The van der Waals surface area contributed by atoms with Gasteiger partial charge in [0.2, 0.25) is 0 Å². The van der Waals surface area contributed by atoms with Crippen LogP contribution in [0.1, 0.15) is 34.1 Å². The Bertz CT molecular complexity index is 606. The van der Waals surface area contributed by atoms with Crippen molar-refractivity contribution < 1.29 is 29.3 Å². The highest BCUT2D eigenvalue weighted by molar-refractivity contribution is 5.85. The molecule has 3 aliphatic heterocycles. The van der Waals surface area contributed by atoms with Crippen molar-refractivity contribution in [1.29, 1.82) is 0 Å². The third kappa shape index (κ3) is 2.22. The molecule has 0 aromatic heterocycles. The number of carbonyl (C=O) groups is 2. The molecular weight excluding hydrogens is 314 g/mol. The first-order chi connectivity index (χ1) is 11.0. The van der Waals surface area contributed by atoms with Crippen LogP contribution < -0.4 is 0 Å². The number of nitrogens with zero attached hydrogens (tertiary/aromatic N) is 1. The molecule has 0 aromatic rings. The van der Waals surface area contributed by atoms with Gasteiger partial charge in [-0.2, -0.15) is 0 Å². The molecule has 3 aliphatic rings. The predicted octanol–water partition coefficient (Wildman–Crippen LogP) is -0.00250. The van der Waals surface area contributed by atoms with Crippen LogP contribution in [-0.2, 0) is 19.1 Å². The zero-order valence-electron chi connectivity index (χ0n) is 14.5. The number of ether oxygens (including phenoxy) is 2. The van der Waals surface area contributed by atoms with Crippen molar-refractivity contribution in [3.05, 3.63) is 11.6 Å². The molecule has 0 spiro atoms. The molecule has 134 valence electrons. The number of rotatable bonds is 0. The Kier molecular flexibility index (Phi) is 3.82. The molecule has 24 heavy (non-hydrogen) atoms. The molecule has 2 fully saturated rings. The molecule has 2 N–H and O–H groups in total. The number of esters is 2.